The maximum atomic E-state index is 13.0. The Labute approximate surface area is 180 Å². The lowest BCUT2D eigenvalue weighted by Crippen LogP contribution is -2.37. The minimum absolute atomic E-state index is 0.0301. The van der Waals surface area contributed by atoms with Gasteiger partial charge in [0.15, 0.2) is 5.58 Å². The zero-order chi connectivity index (χ0) is 21.2. The lowest BCUT2D eigenvalue weighted by atomic mass is 10.1. The van der Waals surface area contributed by atoms with Crippen molar-refractivity contribution < 1.29 is 14.1 Å². The number of hydrogen-bond donors (Lipinski definition) is 0. The van der Waals surface area contributed by atoms with E-state index in [4.69, 9.17) is 9.26 Å². The van der Waals surface area contributed by atoms with Crippen LogP contribution in [0, 0.1) is 0 Å². The molecule has 158 valence electrons. The summed E-state index contributed by atoms with van der Waals surface area (Å²) in [6.45, 7) is 2.11. The van der Waals surface area contributed by atoms with Crippen molar-refractivity contribution in [3.8, 4) is 5.75 Å². The molecule has 2 aromatic carbocycles. The third-order valence-corrected chi connectivity index (χ3v) is 5.90. The summed E-state index contributed by atoms with van der Waals surface area (Å²) in [5, 5.41) is 4.92. The number of carbonyl (C=O) groups excluding carboxylic acids is 1. The fourth-order valence-electron chi connectivity index (χ4n) is 4.15. The molecule has 4 aromatic rings. The highest BCUT2D eigenvalue weighted by Crippen LogP contribution is 2.25. The number of imidazole rings is 1. The molecule has 0 aliphatic carbocycles. The predicted octanol–water partition coefficient (Wildman–Crippen LogP) is 3.40. The van der Waals surface area contributed by atoms with E-state index in [1.807, 2.05) is 35.5 Å². The highest BCUT2D eigenvalue weighted by Gasteiger charge is 2.25. The predicted molar refractivity (Wildman–Crippen MR) is 116 cm³/mol. The van der Waals surface area contributed by atoms with Crippen LogP contribution in [0.4, 0.5) is 0 Å². The number of carbonyl (C=O) groups is 1. The van der Waals surface area contributed by atoms with Crippen molar-refractivity contribution in [3.63, 3.8) is 0 Å². The third-order valence-electron chi connectivity index (χ3n) is 5.90. The van der Waals surface area contributed by atoms with Crippen molar-refractivity contribution in [1.82, 2.24) is 19.6 Å². The first kappa shape index (κ1) is 19.4. The summed E-state index contributed by atoms with van der Waals surface area (Å²) >= 11 is 0. The topological polar surface area (TPSA) is 73.4 Å². The second-order valence-electron chi connectivity index (χ2n) is 7.80. The van der Waals surface area contributed by atoms with Gasteiger partial charge in [-0.2, -0.15) is 0 Å². The first-order chi connectivity index (χ1) is 15.2. The highest BCUT2D eigenvalue weighted by molar-refractivity contribution is 5.87. The summed E-state index contributed by atoms with van der Waals surface area (Å²) in [6, 6.07) is 15.9. The molecule has 0 radical (unpaired) electrons. The Balaban J connectivity index is 1.26. The number of aromatic nitrogens is 3. The number of hydrogen-bond acceptors (Lipinski definition) is 5. The standard InChI is InChI=1S/C24H24N4O3/c1-30-18-7-8-23-19(13-18)20(26-31-23)14-24(29)27-12-10-22-21(15-27)25-16-28(22)11-9-17-5-3-2-4-6-17/h2-8,13,16H,9-12,14-15H2,1H3. The van der Waals surface area contributed by atoms with Crippen LogP contribution in [0.5, 0.6) is 5.75 Å². The van der Waals surface area contributed by atoms with Gasteiger partial charge >= 0.3 is 0 Å². The van der Waals surface area contributed by atoms with E-state index in [0.29, 0.717) is 30.1 Å². The van der Waals surface area contributed by atoms with E-state index in [1.54, 1.807) is 7.11 Å². The van der Waals surface area contributed by atoms with Crippen LogP contribution in [0.2, 0.25) is 0 Å². The third kappa shape index (κ3) is 3.91. The van der Waals surface area contributed by atoms with Crippen LogP contribution in [-0.2, 0) is 37.1 Å². The van der Waals surface area contributed by atoms with Crippen LogP contribution in [0.15, 0.2) is 59.4 Å². The van der Waals surface area contributed by atoms with E-state index in [-0.39, 0.29) is 12.3 Å². The number of amides is 1. The summed E-state index contributed by atoms with van der Waals surface area (Å²) in [4.78, 5) is 19.4. The molecule has 1 aliphatic rings. The molecule has 1 aliphatic heterocycles. The summed E-state index contributed by atoms with van der Waals surface area (Å²) in [5.41, 5.74) is 4.82. The monoisotopic (exact) mass is 416 g/mol. The number of rotatable bonds is 6. The van der Waals surface area contributed by atoms with E-state index < -0.39 is 0 Å². The largest absolute Gasteiger partial charge is 0.497 e. The molecule has 0 N–H and O–H groups in total. The average Bonchev–Trinajstić information content (AvgIpc) is 3.41. The Morgan fingerprint density at radius 2 is 2.06 bits per heavy atom. The normalized spacial score (nSPS) is 13.4. The zero-order valence-electron chi connectivity index (χ0n) is 17.5. The molecule has 3 heterocycles. The first-order valence-corrected chi connectivity index (χ1v) is 10.5. The van der Waals surface area contributed by atoms with Crippen LogP contribution in [-0.4, -0.2) is 39.2 Å². The fourth-order valence-corrected chi connectivity index (χ4v) is 4.15. The van der Waals surface area contributed by atoms with E-state index in [0.717, 1.165) is 30.5 Å². The molecule has 31 heavy (non-hydrogen) atoms. The number of fused-ring (bicyclic) bond motifs is 2. The maximum absolute atomic E-state index is 13.0. The molecule has 2 aromatic heterocycles. The van der Waals surface area contributed by atoms with Crippen molar-refractivity contribution in [1.29, 1.82) is 0 Å². The number of methoxy groups -OCH3 is 1. The van der Waals surface area contributed by atoms with Crippen molar-refractivity contribution >= 4 is 16.9 Å². The molecule has 0 saturated heterocycles. The fraction of sp³-hybridized carbons (Fsp3) is 0.292. The van der Waals surface area contributed by atoms with E-state index in [2.05, 4.69) is 39.0 Å². The number of aryl methyl sites for hydroxylation is 2. The maximum Gasteiger partial charge on any atom is 0.229 e. The summed E-state index contributed by atoms with van der Waals surface area (Å²) in [5.74, 6) is 0.746. The van der Waals surface area contributed by atoms with Gasteiger partial charge in [-0.25, -0.2) is 4.98 Å². The molecule has 0 unspecified atom stereocenters. The van der Waals surface area contributed by atoms with Crippen molar-refractivity contribution in [2.75, 3.05) is 13.7 Å². The molecule has 1 amide bonds. The Hall–Kier alpha value is -3.61. The van der Waals surface area contributed by atoms with Gasteiger partial charge in [-0.3, -0.25) is 4.79 Å². The van der Waals surface area contributed by atoms with Crippen LogP contribution in [0.25, 0.3) is 11.0 Å². The summed E-state index contributed by atoms with van der Waals surface area (Å²) < 4.78 is 12.9. The molecule has 0 atom stereocenters. The van der Waals surface area contributed by atoms with Crippen molar-refractivity contribution in [2.45, 2.75) is 32.4 Å². The molecular weight excluding hydrogens is 392 g/mol. The number of ether oxygens (including phenoxy) is 1. The van der Waals surface area contributed by atoms with Gasteiger partial charge in [-0.15, -0.1) is 0 Å². The number of nitrogens with zero attached hydrogens (tertiary/aromatic N) is 4. The molecule has 0 spiro atoms. The van der Waals surface area contributed by atoms with Gasteiger partial charge in [-0.05, 0) is 30.2 Å². The van der Waals surface area contributed by atoms with Gasteiger partial charge in [0, 0.05) is 30.6 Å². The van der Waals surface area contributed by atoms with E-state index >= 15 is 0 Å². The Bertz CT molecular complexity index is 1210. The lowest BCUT2D eigenvalue weighted by Gasteiger charge is -2.27. The van der Waals surface area contributed by atoms with Gasteiger partial charge in [0.2, 0.25) is 5.91 Å². The van der Waals surface area contributed by atoms with Crippen LogP contribution in [0.1, 0.15) is 22.6 Å². The van der Waals surface area contributed by atoms with Crippen LogP contribution in [0.3, 0.4) is 0 Å². The molecule has 5 rings (SSSR count). The Kier molecular flexibility index (Phi) is 5.16. The van der Waals surface area contributed by atoms with Gasteiger partial charge in [0.05, 0.1) is 32.1 Å². The van der Waals surface area contributed by atoms with E-state index in [1.165, 1.54) is 11.3 Å². The summed E-state index contributed by atoms with van der Waals surface area (Å²) in [6.07, 6.45) is 3.88. The lowest BCUT2D eigenvalue weighted by molar-refractivity contribution is -0.131. The van der Waals surface area contributed by atoms with Gasteiger partial charge in [0.1, 0.15) is 11.4 Å². The molecule has 0 fully saturated rings. The van der Waals surface area contributed by atoms with Gasteiger partial charge < -0.3 is 18.7 Å². The van der Waals surface area contributed by atoms with Crippen molar-refractivity contribution in [2.24, 2.45) is 0 Å². The molecule has 0 saturated carbocycles. The molecule has 7 nitrogen and oxygen atoms in total. The Morgan fingerprint density at radius 1 is 1.19 bits per heavy atom. The molecule has 7 heteroatoms. The second kappa shape index (κ2) is 8.26. The van der Waals surface area contributed by atoms with Crippen LogP contribution < -0.4 is 4.74 Å². The Morgan fingerprint density at radius 3 is 2.90 bits per heavy atom. The first-order valence-electron chi connectivity index (χ1n) is 10.5. The highest BCUT2D eigenvalue weighted by atomic mass is 16.5. The van der Waals surface area contributed by atoms with Gasteiger partial charge in [0.25, 0.3) is 0 Å². The zero-order valence-corrected chi connectivity index (χ0v) is 17.5. The summed E-state index contributed by atoms with van der Waals surface area (Å²) in [7, 11) is 1.61. The van der Waals surface area contributed by atoms with Crippen LogP contribution >= 0.6 is 0 Å². The minimum atomic E-state index is 0.0301. The van der Waals surface area contributed by atoms with E-state index in [9.17, 15) is 4.79 Å². The quantitative estimate of drug-likeness (QED) is 0.482. The molecule has 0 bridgehead atoms. The minimum Gasteiger partial charge on any atom is -0.497 e. The average molecular weight is 416 g/mol. The SMILES string of the molecule is COc1ccc2onc(CC(=O)N3CCc4c(ncn4CCc4ccccc4)C3)c2c1. The van der Waals surface area contributed by atoms with Gasteiger partial charge in [-0.1, -0.05) is 35.5 Å². The molecular formula is C24H24N4O3. The van der Waals surface area contributed by atoms with Crippen molar-refractivity contribution in [3.05, 3.63) is 77.5 Å². The smallest absolute Gasteiger partial charge is 0.229 e. The second-order valence-corrected chi connectivity index (χ2v) is 7.80. The number of benzene rings is 2.